The van der Waals surface area contributed by atoms with Crippen LogP contribution < -0.4 is 15.0 Å². The Labute approximate surface area is 206 Å². The Morgan fingerprint density at radius 2 is 1.89 bits per heavy atom. The number of hydrogen-bond donors (Lipinski definition) is 1. The molecule has 0 saturated carbocycles. The summed E-state index contributed by atoms with van der Waals surface area (Å²) in [5.74, 6) is -0.0428. The molecule has 1 aromatic heterocycles. The number of amides is 2. The van der Waals surface area contributed by atoms with Gasteiger partial charge in [0.2, 0.25) is 11.8 Å². The molecule has 3 aromatic carbocycles. The van der Waals surface area contributed by atoms with Crippen LogP contribution in [0.25, 0.3) is 10.9 Å². The summed E-state index contributed by atoms with van der Waals surface area (Å²) in [6.07, 6.45) is 0. The van der Waals surface area contributed by atoms with Crippen molar-refractivity contribution in [3.8, 4) is 5.75 Å². The number of halogens is 1. The first-order valence-electron chi connectivity index (χ1n) is 11.2. The number of fused-ring (bicyclic) bond motifs is 3. The van der Waals surface area contributed by atoms with E-state index >= 15 is 0 Å². The molecule has 6 nitrogen and oxygen atoms in total. The number of nitrogens with one attached hydrogen (secondary N) is 1. The van der Waals surface area contributed by atoms with E-state index in [1.807, 2.05) is 41.9 Å². The Kier molecular flexibility index (Phi) is 6.21. The van der Waals surface area contributed by atoms with Gasteiger partial charge in [0.1, 0.15) is 17.6 Å². The van der Waals surface area contributed by atoms with Gasteiger partial charge in [0, 0.05) is 41.8 Å². The van der Waals surface area contributed by atoms with Crippen LogP contribution in [0.3, 0.4) is 0 Å². The van der Waals surface area contributed by atoms with Crippen molar-refractivity contribution in [1.82, 2.24) is 9.88 Å². The monoisotopic (exact) mass is 489 g/mol. The molecule has 0 unspecified atom stereocenters. The number of aryl methyl sites for hydroxylation is 1. The van der Waals surface area contributed by atoms with Gasteiger partial charge in [-0.1, -0.05) is 48.2 Å². The van der Waals surface area contributed by atoms with Crippen molar-refractivity contribution in [3.05, 3.63) is 89.7 Å². The molecule has 2 amide bonds. The average molecular weight is 490 g/mol. The lowest BCUT2D eigenvalue weighted by Gasteiger charge is -2.30. The SMILES string of the molecule is COc1cccc(N2C(=O)CSc3c(c4ccccc4n3C)[C@@H]2C(=O)NCc2ccc(F)cc2)c1. The van der Waals surface area contributed by atoms with E-state index in [0.29, 0.717) is 11.4 Å². The first-order chi connectivity index (χ1) is 17.0. The van der Waals surface area contributed by atoms with E-state index in [9.17, 15) is 14.0 Å². The number of carbonyl (C=O) groups excluding carboxylic acids is 2. The van der Waals surface area contributed by atoms with Gasteiger partial charge in [0.05, 0.1) is 17.9 Å². The molecular formula is C27H24FN3O3S. The maximum absolute atomic E-state index is 13.9. The molecule has 0 radical (unpaired) electrons. The highest BCUT2D eigenvalue weighted by atomic mass is 32.2. The Bertz CT molecular complexity index is 1420. The summed E-state index contributed by atoms with van der Waals surface area (Å²) in [6, 6.07) is 20.1. The Morgan fingerprint density at radius 3 is 2.66 bits per heavy atom. The van der Waals surface area contributed by atoms with E-state index in [1.54, 1.807) is 42.3 Å². The maximum Gasteiger partial charge on any atom is 0.248 e. The van der Waals surface area contributed by atoms with Crippen molar-refractivity contribution >= 4 is 40.2 Å². The quantitative estimate of drug-likeness (QED) is 0.437. The second-order valence-electron chi connectivity index (χ2n) is 8.30. The largest absolute Gasteiger partial charge is 0.497 e. The van der Waals surface area contributed by atoms with E-state index in [4.69, 9.17) is 4.74 Å². The van der Waals surface area contributed by atoms with Gasteiger partial charge in [0.25, 0.3) is 0 Å². The smallest absolute Gasteiger partial charge is 0.248 e. The summed E-state index contributed by atoms with van der Waals surface area (Å²) in [4.78, 5) is 28.9. The lowest BCUT2D eigenvalue weighted by molar-refractivity contribution is -0.125. The summed E-state index contributed by atoms with van der Waals surface area (Å²) in [5, 5.41) is 4.77. The van der Waals surface area contributed by atoms with Crippen molar-refractivity contribution in [1.29, 1.82) is 0 Å². The molecule has 4 aromatic rings. The summed E-state index contributed by atoms with van der Waals surface area (Å²) >= 11 is 1.43. The van der Waals surface area contributed by atoms with Gasteiger partial charge in [-0.3, -0.25) is 14.5 Å². The Morgan fingerprint density at radius 1 is 1.11 bits per heavy atom. The fourth-order valence-corrected chi connectivity index (χ4v) is 5.57. The van der Waals surface area contributed by atoms with Crippen LogP contribution in [0.5, 0.6) is 5.75 Å². The molecule has 35 heavy (non-hydrogen) atoms. The molecule has 1 aliphatic heterocycles. The highest BCUT2D eigenvalue weighted by Gasteiger charge is 2.39. The standard InChI is InChI=1S/C27H24FN3O3S/c1-30-22-9-4-3-8-21(22)24-25(26(33)29-15-17-10-12-18(28)13-11-17)31(23(32)16-35-27(24)30)19-6-5-7-20(14-19)34-2/h3-14,25H,15-16H2,1-2H3,(H,29,33)/t25-/m1/s1. The van der Waals surface area contributed by atoms with Crippen LogP contribution in [-0.2, 0) is 23.2 Å². The van der Waals surface area contributed by atoms with Crippen LogP contribution in [0, 0.1) is 5.82 Å². The van der Waals surface area contributed by atoms with Gasteiger partial charge in [-0.05, 0) is 35.9 Å². The van der Waals surface area contributed by atoms with E-state index in [2.05, 4.69) is 5.32 Å². The van der Waals surface area contributed by atoms with Crippen molar-refractivity contribution in [2.24, 2.45) is 7.05 Å². The lowest BCUT2D eigenvalue weighted by Crippen LogP contribution is -2.43. The zero-order valence-electron chi connectivity index (χ0n) is 19.3. The second-order valence-corrected chi connectivity index (χ2v) is 9.26. The number of aromatic nitrogens is 1. The number of carbonyl (C=O) groups is 2. The van der Waals surface area contributed by atoms with Crippen LogP contribution in [0.1, 0.15) is 17.2 Å². The predicted molar refractivity (Wildman–Crippen MR) is 135 cm³/mol. The fraction of sp³-hybridized carbons (Fsp3) is 0.185. The van der Waals surface area contributed by atoms with Crippen LogP contribution in [0.2, 0.25) is 0 Å². The van der Waals surface area contributed by atoms with Crippen LogP contribution in [0.4, 0.5) is 10.1 Å². The Hall–Kier alpha value is -3.78. The minimum Gasteiger partial charge on any atom is -0.497 e. The maximum atomic E-state index is 13.9. The van der Waals surface area contributed by atoms with E-state index < -0.39 is 6.04 Å². The molecule has 1 aliphatic rings. The molecule has 5 rings (SSSR count). The van der Waals surface area contributed by atoms with Crippen LogP contribution in [-0.4, -0.2) is 29.2 Å². The average Bonchev–Trinajstić information content (AvgIpc) is 3.05. The first kappa shape index (κ1) is 23.0. The normalized spacial score (nSPS) is 15.6. The number of rotatable bonds is 5. The summed E-state index contributed by atoms with van der Waals surface area (Å²) in [6.45, 7) is 0.211. The number of anilines is 1. The molecule has 0 aliphatic carbocycles. The number of benzene rings is 3. The third kappa shape index (κ3) is 4.25. The van der Waals surface area contributed by atoms with Crippen molar-refractivity contribution in [2.75, 3.05) is 17.8 Å². The number of thioether (sulfide) groups is 1. The molecule has 2 heterocycles. The minimum absolute atomic E-state index is 0.175. The zero-order valence-corrected chi connectivity index (χ0v) is 20.1. The number of hydrogen-bond acceptors (Lipinski definition) is 4. The van der Waals surface area contributed by atoms with Gasteiger partial charge >= 0.3 is 0 Å². The van der Waals surface area contributed by atoms with Crippen molar-refractivity contribution < 1.29 is 18.7 Å². The number of methoxy groups -OCH3 is 1. The highest BCUT2D eigenvalue weighted by molar-refractivity contribution is 8.00. The molecule has 8 heteroatoms. The first-order valence-corrected chi connectivity index (χ1v) is 12.1. The van der Waals surface area contributed by atoms with Crippen molar-refractivity contribution in [2.45, 2.75) is 17.6 Å². The lowest BCUT2D eigenvalue weighted by atomic mass is 10.0. The van der Waals surface area contributed by atoms with Gasteiger partial charge in [-0.2, -0.15) is 0 Å². The highest BCUT2D eigenvalue weighted by Crippen LogP contribution is 2.43. The second kappa shape index (κ2) is 9.46. The van der Waals surface area contributed by atoms with E-state index in [1.165, 1.54) is 23.9 Å². The molecule has 0 bridgehead atoms. The molecule has 1 atom stereocenters. The van der Waals surface area contributed by atoms with Gasteiger partial charge < -0.3 is 14.6 Å². The molecule has 178 valence electrons. The molecular weight excluding hydrogens is 465 g/mol. The Balaban J connectivity index is 1.64. The van der Waals surface area contributed by atoms with Gasteiger partial charge in [0.15, 0.2) is 0 Å². The van der Waals surface area contributed by atoms with E-state index in [-0.39, 0.29) is 29.9 Å². The molecule has 0 saturated heterocycles. The molecule has 0 spiro atoms. The molecule has 1 N–H and O–H groups in total. The summed E-state index contributed by atoms with van der Waals surface area (Å²) in [7, 11) is 3.52. The van der Waals surface area contributed by atoms with Crippen LogP contribution >= 0.6 is 11.8 Å². The summed E-state index contributed by atoms with van der Waals surface area (Å²) in [5.41, 5.74) is 3.12. The number of para-hydroxylation sites is 1. The number of ether oxygens (including phenoxy) is 1. The third-order valence-corrected chi connectivity index (χ3v) is 7.34. The minimum atomic E-state index is -0.897. The van der Waals surface area contributed by atoms with E-state index in [0.717, 1.165) is 27.1 Å². The van der Waals surface area contributed by atoms with Gasteiger partial charge in [-0.15, -0.1) is 0 Å². The molecule has 0 fully saturated rings. The van der Waals surface area contributed by atoms with Crippen molar-refractivity contribution in [3.63, 3.8) is 0 Å². The third-order valence-electron chi connectivity index (χ3n) is 6.18. The topological polar surface area (TPSA) is 63.6 Å². The zero-order chi connectivity index (χ0) is 24.5. The number of nitrogens with zero attached hydrogens (tertiary/aromatic N) is 2. The summed E-state index contributed by atoms with van der Waals surface area (Å²) < 4.78 is 20.8. The van der Waals surface area contributed by atoms with Gasteiger partial charge in [-0.25, -0.2) is 4.39 Å². The van der Waals surface area contributed by atoms with Crippen LogP contribution in [0.15, 0.2) is 77.8 Å². The fourth-order valence-electron chi connectivity index (χ4n) is 4.50. The predicted octanol–water partition coefficient (Wildman–Crippen LogP) is 4.82.